The predicted octanol–water partition coefficient (Wildman–Crippen LogP) is 3.04. The summed E-state index contributed by atoms with van der Waals surface area (Å²) < 4.78 is 1.93. The molecule has 0 aliphatic carbocycles. The van der Waals surface area contributed by atoms with Gasteiger partial charge in [0.05, 0.1) is 0 Å². The van der Waals surface area contributed by atoms with E-state index in [-0.39, 0.29) is 5.91 Å². The third kappa shape index (κ3) is 3.67. The summed E-state index contributed by atoms with van der Waals surface area (Å²) >= 11 is 0. The number of hydrogen-bond acceptors (Lipinski definition) is 1. The molecule has 0 bridgehead atoms. The maximum atomic E-state index is 12.0. The lowest BCUT2D eigenvalue weighted by Gasteiger charge is -2.07. The number of aromatic nitrogens is 1. The average molecular weight is 269 g/mol. The van der Waals surface area contributed by atoms with Crippen molar-refractivity contribution in [3.8, 4) is 0 Å². The number of nitrogens with zero attached hydrogens (tertiary/aromatic N) is 1. The molecule has 0 unspecified atom stereocenters. The highest BCUT2D eigenvalue weighted by Gasteiger charge is 2.11. The van der Waals surface area contributed by atoms with Gasteiger partial charge in [-0.2, -0.15) is 4.57 Å². The highest BCUT2D eigenvalue weighted by Crippen LogP contribution is 2.16. The van der Waals surface area contributed by atoms with E-state index in [1.807, 2.05) is 48.0 Å². The average Bonchev–Trinajstić information content (AvgIpc) is 2.42. The predicted molar refractivity (Wildman–Crippen MR) is 80.5 cm³/mol. The van der Waals surface area contributed by atoms with E-state index in [2.05, 4.69) is 31.3 Å². The zero-order valence-electron chi connectivity index (χ0n) is 12.3. The molecule has 2 aromatic rings. The van der Waals surface area contributed by atoms with Gasteiger partial charge < -0.3 is 5.32 Å². The molecule has 1 aromatic carbocycles. The van der Waals surface area contributed by atoms with Gasteiger partial charge in [0.25, 0.3) is 5.91 Å². The van der Waals surface area contributed by atoms with Crippen LogP contribution in [0.3, 0.4) is 0 Å². The Morgan fingerprint density at radius 2 is 1.85 bits per heavy atom. The van der Waals surface area contributed by atoms with E-state index in [4.69, 9.17) is 0 Å². The summed E-state index contributed by atoms with van der Waals surface area (Å²) in [6, 6.07) is 13.9. The second kappa shape index (κ2) is 6.33. The lowest BCUT2D eigenvalue weighted by atomic mass is 10.0. The fourth-order valence-corrected chi connectivity index (χ4v) is 2.05. The molecule has 0 saturated carbocycles. The Bertz CT molecular complexity index is 588. The summed E-state index contributed by atoms with van der Waals surface area (Å²) in [6.45, 7) is 6.63. The molecule has 0 atom stereocenters. The summed E-state index contributed by atoms with van der Waals surface area (Å²) in [5, 5.41) is 2.92. The number of carbonyl (C=O) groups is 1. The number of amides is 1. The van der Waals surface area contributed by atoms with E-state index >= 15 is 0 Å². The van der Waals surface area contributed by atoms with Crippen LogP contribution in [0.1, 0.15) is 31.0 Å². The van der Waals surface area contributed by atoms with E-state index in [0.717, 1.165) is 11.4 Å². The summed E-state index contributed by atoms with van der Waals surface area (Å²) in [5.41, 5.74) is 3.18. The Kier molecular flexibility index (Phi) is 4.51. The van der Waals surface area contributed by atoms with Crippen LogP contribution in [0.4, 0.5) is 5.69 Å². The number of hydrogen-bond donors (Lipinski definition) is 1. The van der Waals surface area contributed by atoms with Crippen molar-refractivity contribution >= 4 is 11.6 Å². The Morgan fingerprint density at radius 3 is 2.45 bits per heavy atom. The van der Waals surface area contributed by atoms with Crippen LogP contribution in [0.2, 0.25) is 0 Å². The lowest BCUT2D eigenvalue weighted by Crippen LogP contribution is -2.42. The third-order valence-corrected chi connectivity index (χ3v) is 3.34. The van der Waals surface area contributed by atoms with Crippen LogP contribution in [-0.2, 0) is 11.3 Å². The van der Waals surface area contributed by atoms with Crippen molar-refractivity contribution in [2.24, 2.45) is 0 Å². The first-order chi connectivity index (χ1) is 9.56. The molecule has 1 aromatic heterocycles. The van der Waals surface area contributed by atoms with Crippen LogP contribution in [0.15, 0.2) is 48.7 Å². The summed E-state index contributed by atoms with van der Waals surface area (Å²) in [6.07, 6.45) is 1.91. The monoisotopic (exact) mass is 269 g/mol. The fraction of sp³-hybridized carbons (Fsp3) is 0.294. The van der Waals surface area contributed by atoms with Crippen LogP contribution in [0, 0.1) is 6.92 Å². The Balaban J connectivity index is 1.99. The molecule has 3 nitrogen and oxygen atoms in total. The number of aryl methyl sites for hydroxylation is 1. The molecule has 0 fully saturated rings. The van der Waals surface area contributed by atoms with Crippen molar-refractivity contribution in [2.75, 3.05) is 5.32 Å². The maximum Gasteiger partial charge on any atom is 0.290 e. The molecule has 104 valence electrons. The first-order valence-corrected chi connectivity index (χ1v) is 6.91. The topological polar surface area (TPSA) is 33.0 Å². The van der Waals surface area contributed by atoms with Crippen LogP contribution in [-0.4, -0.2) is 5.91 Å². The molecular formula is C17H21N2O+. The third-order valence-electron chi connectivity index (χ3n) is 3.34. The van der Waals surface area contributed by atoms with Gasteiger partial charge in [0.2, 0.25) is 6.54 Å². The van der Waals surface area contributed by atoms with Crippen LogP contribution in [0.5, 0.6) is 0 Å². The van der Waals surface area contributed by atoms with Crippen molar-refractivity contribution in [2.45, 2.75) is 33.2 Å². The molecule has 1 heterocycles. The van der Waals surface area contributed by atoms with Crippen LogP contribution >= 0.6 is 0 Å². The molecule has 0 saturated heterocycles. The quantitative estimate of drug-likeness (QED) is 0.850. The molecule has 0 spiro atoms. The minimum absolute atomic E-state index is 0.0124. The molecule has 20 heavy (non-hydrogen) atoms. The number of anilines is 1. The van der Waals surface area contributed by atoms with Gasteiger partial charge in [-0.25, -0.2) is 0 Å². The number of nitrogens with one attached hydrogen (secondary N) is 1. The van der Waals surface area contributed by atoms with Gasteiger partial charge >= 0.3 is 0 Å². The lowest BCUT2D eigenvalue weighted by molar-refractivity contribution is -0.690. The number of rotatable bonds is 4. The second-order valence-electron chi connectivity index (χ2n) is 5.29. The van der Waals surface area contributed by atoms with Gasteiger partial charge in [0.1, 0.15) is 0 Å². The normalized spacial score (nSPS) is 10.6. The van der Waals surface area contributed by atoms with Gasteiger partial charge in [-0.1, -0.05) is 32.0 Å². The van der Waals surface area contributed by atoms with Crippen molar-refractivity contribution in [3.63, 3.8) is 0 Å². The van der Waals surface area contributed by atoms with Crippen molar-refractivity contribution < 1.29 is 9.36 Å². The molecule has 1 amide bonds. The van der Waals surface area contributed by atoms with Crippen LogP contribution in [0.25, 0.3) is 0 Å². The molecule has 0 radical (unpaired) electrons. The van der Waals surface area contributed by atoms with Crippen LogP contribution < -0.4 is 9.88 Å². The summed E-state index contributed by atoms with van der Waals surface area (Å²) in [5.74, 6) is 0.490. The maximum absolute atomic E-state index is 12.0. The molecule has 0 aliphatic rings. The zero-order valence-corrected chi connectivity index (χ0v) is 12.3. The van der Waals surface area contributed by atoms with E-state index in [1.165, 1.54) is 5.56 Å². The minimum atomic E-state index is -0.0124. The molecular weight excluding hydrogens is 248 g/mol. The van der Waals surface area contributed by atoms with E-state index in [9.17, 15) is 4.79 Å². The second-order valence-corrected chi connectivity index (χ2v) is 5.29. The minimum Gasteiger partial charge on any atom is -0.321 e. The summed E-state index contributed by atoms with van der Waals surface area (Å²) in [4.78, 5) is 12.0. The highest BCUT2D eigenvalue weighted by molar-refractivity contribution is 5.89. The summed E-state index contributed by atoms with van der Waals surface area (Å²) in [7, 11) is 0. The van der Waals surface area contributed by atoms with Gasteiger partial charge in [0, 0.05) is 24.7 Å². The first kappa shape index (κ1) is 14.3. The molecule has 0 aliphatic heterocycles. The Labute approximate surface area is 120 Å². The van der Waals surface area contributed by atoms with Gasteiger partial charge in [0.15, 0.2) is 11.9 Å². The SMILES string of the molecule is Cc1cccc[n+]1CC(=O)Nc1ccc(C(C)C)cc1. The number of pyridine rings is 1. The largest absolute Gasteiger partial charge is 0.321 e. The van der Waals surface area contributed by atoms with Gasteiger partial charge in [-0.05, 0) is 23.6 Å². The first-order valence-electron chi connectivity index (χ1n) is 6.91. The van der Waals surface area contributed by atoms with E-state index in [0.29, 0.717) is 12.5 Å². The Morgan fingerprint density at radius 1 is 1.15 bits per heavy atom. The highest BCUT2D eigenvalue weighted by atomic mass is 16.1. The molecule has 1 N–H and O–H groups in total. The van der Waals surface area contributed by atoms with Crippen molar-refractivity contribution in [3.05, 3.63) is 59.9 Å². The van der Waals surface area contributed by atoms with Crippen molar-refractivity contribution in [1.82, 2.24) is 0 Å². The van der Waals surface area contributed by atoms with E-state index in [1.54, 1.807) is 0 Å². The van der Waals surface area contributed by atoms with E-state index < -0.39 is 0 Å². The smallest absolute Gasteiger partial charge is 0.290 e. The fourth-order valence-electron chi connectivity index (χ4n) is 2.05. The standard InChI is InChI=1S/C17H20N2O/c1-13(2)15-7-9-16(10-8-15)18-17(20)12-19-11-5-4-6-14(19)3/h4-11,13H,12H2,1-3H3/p+1. The zero-order chi connectivity index (χ0) is 14.5. The number of benzene rings is 1. The Hall–Kier alpha value is -2.16. The van der Waals surface area contributed by atoms with Gasteiger partial charge in [-0.15, -0.1) is 0 Å². The van der Waals surface area contributed by atoms with Gasteiger partial charge in [-0.3, -0.25) is 4.79 Å². The van der Waals surface area contributed by atoms with Crippen molar-refractivity contribution in [1.29, 1.82) is 0 Å². The molecule has 2 rings (SSSR count). The number of carbonyl (C=O) groups excluding carboxylic acids is 1. The molecule has 3 heteroatoms.